The smallest absolute Gasteiger partial charge is 0.243 e. The van der Waals surface area contributed by atoms with Crippen LogP contribution in [-0.4, -0.2) is 56.3 Å². The van der Waals surface area contributed by atoms with E-state index in [4.69, 9.17) is 0 Å². The molecule has 28 heavy (non-hydrogen) atoms. The number of benzene rings is 1. The quantitative estimate of drug-likeness (QED) is 0.814. The number of carbonyl (C=O) groups is 1. The van der Waals surface area contributed by atoms with Crippen molar-refractivity contribution in [2.45, 2.75) is 50.8 Å². The van der Waals surface area contributed by atoms with Crippen LogP contribution in [0.5, 0.6) is 0 Å². The van der Waals surface area contributed by atoms with Gasteiger partial charge in [-0.05, 0) is 55.4 Å². The second-order valence-corrected chi connectivity index (χ2v) is 10.5. The van der Waals surface area contributed by atoms with Gasteiger partial charge in [0.1, 0.15) is 0 Å². The Morgan fingerprint density at radius 1 is 1.00 bits per heavy atom. The van der Waals surface area contributed by atoms with Gasteiger partial charge in [0.2, 0.25) is 15.9 Å². The minimum absolute atomic E-state index is 0.0515. The van der Waals surface area contributed by atoms with Crippen molar-refractivity contribution in [3.8, 4) is 0 Å². The van der Waals surface area contributed by atoms with Crippen molar-refractivity contribution < 1.29 is 13.2 Å². The highest BCUT2D eigenvalue weighted by atomic mass is 32.2. The Bertz CT molecular complexity index is 746. The molecule has 7 heteroatoms. The first-order valence-corrected chi connectivity index (χ1v) is 11.9. The van der Waals surface area contributed by atoms with E-state index in [-0.39, 0.29) is 5.91 Å². The molecule has 2 saturated heterocycles. The van der Waals surface area contributed by atoms with Crippen LogP contribution in [0, 0.1) is 11.8 Å². The number of likely N-dealkylation sites (tertiary alicyclic amines) is 1. The maximum absolute atomic E-state index is 12.8. The number of amides is 1. The Morgan fingerprint density at radius 3 is 2.14 bits per heavy atom. The first kappa shape index (κ1) is 21.3. The fraction of sp³-hybridized carbons (Fsp3) is 0.667. The monoisotopic (exact) mass is 407 g/mol. The second-order valence-electron chi connectivity index (χ2n) is 8.53. The number of nitrogens with one attached hydrogen (secondary N) is 1. The summed E-state index contributed by atoms with van der Waals surface area (Å²) in [5, 5.41) is 2.90. The molecule has 2 aliphatic rings. The highest BCUT2D eigenvalue weighted by Crippen LogP contribution is 2.23. The third kappa shape index (κ3) is 5.55. The summed E-state index contributed by atoms with van der Waals surface area (Å²) >= 11 is 0. The van der Waals surface area contributed by atoms with E-state index in [1.165, 1.54) is 6.42 Å². The molecular formula is C21H33N3O3S. The number of hydrogen-bond donors (Lipinski definition) is 1. The highest BCUT2D eigenvalue weighted by Gasteiger charge is 2.25. The number of rotatable bonds is 5. The van der Waals surface area contributed by atoms with Gasteiger partial charge in [-0.3, -0.25) is 9.69 Å². The van der Waals surface area contributed by atoms with Gasteiger partial charge in [0.15, 0.2) is 0 Å². The number of piperidine rings is 1. The Labute approximate surface area is 169 Å². The Morgan fingerprint density at radius 2 is 1.57 bits per heavy atom. The van der Waals surface area contributed by atoms with Crippen LogP contribution in [0.25, 0.3) is 0 Å². The minimum Gasteiger partial charge on any atom is -0.325 e. The van der Waals surface area contributed by atoms with E-state index in [1.54, 1.807) is 28.6 Å². The van der Waals surface area contributed by atoms with Gasteiger partial charge >= 0.3 is 0 Å². The second kappa shape index (κ2) is 9.37. The van der Waals surface area contributed by atoms with Crippen LogP contribution in [0.3, 0.4) is 0 Å². The number of nitrogens with zero attached hydrogens (tertiary/aromatic N) is 2. The van der Waals surface area contributed by atoms with Crippen molar-refractivity contribution >= 4 is 21.6 Å². The fourth-order valence-corrected chi connectivity index (χ4v) is 5.98. The van der Waals surface area contributed by atoms with Crippen LogP contribution in [0.2, 0.25) is 0 Å². The van der Waals surface area contributed by atoms with Gasteiger partial charge < -0.3 is 5.32 Å². The van der Waals surface area contributed by atoms with Crippen LogP contribution < -0.4 is 5.32 Å². The summed E-state index contributed by atoms with van der Waals surface area (Å²) in [6.07, 6.45) is 5.23. The number of anilines is 1. The minimum atomic E-state index is -3.45. The van der Waals surface area contributed by atoms with Crippen molar-refractivity contribution in [2.24, 2.45) is 11.8 Å². The summed E-state index contributed by atoms with van der Waals surface area (Å²) in [6, 6.07) is 6.57. The maximum atomic E-state index is 12.8. The zero-order valence-corrected chi connectivity index (χ0v) is 17.9. The first-order valence-electron chi connectivity index (χ1n) is 10.5. The van der Waals surface area contributed by atoms with Crippen LogP contribution >= 0.6 is 0 Å². The lowest BCUT2D eigenvalue weighted by molar-refractivity contribution is -0.117. The molecule has 0 aromatic heterocycles. The predicted molar refractivity (Wildman–Crippen MR) is 112 cm³/mol. The zero-order chi connectivity index (χ0) is 20.1. The molecule has 0 unspecified atom stereocenters. The zero-order valence-electron chi connectivity index (χ0n) is 17.1. The standard InChI is InChI=1S/C21H33N3O3S/c1-17-13-18(2)15-23(14-17)16-21(25)22-19-7-9-20(10-8-19)28(26,27)24-11-5-3-4-6-12-24/h7-10,17-18H,3-6,11-16H2,1-2H3,(H,22,25)/t17-,18-/m0/s1. The van der Waals surface area contributed by atoms with Gasteiger partial charge in [0.05, 0.1) is 11.4 Å². The molecule has 1 amide bonds. The third-order valence-corrected chi connectivity index (χ3v) is 7.57. The van der Waals surface area contributed by atoms with Gasteiger partial charge in [-0.2, -0.15) is 4.31 Å². The molecule has 0 radical (unpaired) electrons. The average Bonchev–Trinajstić information content (AvgIpc) is 2.91. The molecule has 0 saturated carbocycles. The van der Waals surface area contributed by atoms with Crippen LogP contribution in [0.15, 0.2) is 29.2 Å². The van der Waals surface area contributed by atoms with Gasteiger partial charge in [0.25, 0.3) is 0 Å². The molecule has 0 aliphatic carbocycles. The molecule has 1 N–H and O–H groups in total. The number of carbonyl (C=O) groups excluding carboxylic acids is 1. The number of sulfonamides is 1. The number of hydrogen-bond acceptors (Lipinski definition) is 4. The van der Waals surface area contributed by atoms with Crippen LogP contribution in [0.4, 0.5) is 5.69 Å². The lowest BCUT2D eigenvalue weighted by Gasteiger charge is -2.34. The molecule has 156 valence electrons. The van der Waals surface area contributed by atoms with Crippen LogP contribution in [0.1, 0.15) is 46.0 Å². The summed E-state index contributed by atoms with van der Waals surface area (Å²) in [5.41, 5.74) is 0.637. The van der Waals surface area contributed by atoms with E-state index < -0.39 is 10.0 Å². The normalized spacial score (nSPS) is 25.2. The van der Waals surface area contributed by atoms with E-state index in [9.17, 15) is 13.2 Å². The molecule has 0 spiro atoms. The molecule has 6 nitrogen and oxygen atoms in total. The Kier molecular flexibility index (Phi) is 7.12. The molecule has 2 fully saturated rings. The molecule has 2 atom stereocenters. The van der Waals surface area contributed by atoms with Crippen LogP contribution in [-0.2, 0) is 14.8 Å². The van der Waals surface area contributed by atoms with E-state index >= 15 is 0 Å². The fourth-order valence-electron chi connectivity index (χ4n) is 4.47. The predicted octanol–water partition coefficient (Wildman–Crippen LogP) is 3.17. The highest BCUT2D eigenvalue weighted by molar-refractivity contribution is 7.89. The van der Waals surface area contributed by atoms with E-state index in [1.807, 2.05) is 0 Å². The van der Waals surface area contributed by atoms with E-state index in [0.717, 1.165) is 38.8 Å². The average molecular weight is 408 g/mol. The summed E-state index contributed by atoms with van der Waals surface area (Å²) in [5.74, 6) is 1.17. The molecule has 2 heterocycles. The summed E-state index contributed by atoms with van der Waals surface area (Å²) in [7, 11) is -3.45. The van der Waals surface area contributed by atoms with Crippen molar-refractivity contribution in [1.29, 1.82) is 0 Å². The van der Waals surface area contributed by atoms with Gasteiger partial charge in [-0.15, -0.1) is 0 Å². The Hall–Kier alpha value is -1.44. The van der Waals surface area contributed by atoms with Crippen molar-refractivity contribution in [2.75, 3.05) is 38.0 Å². The molecular weight excluding hydrogens is 374 g/mol. The van der Waals surface area contributed by atoms with Crippen molar-refractivity contribution in [1.82, 2.24) is 9.21 Å². The van der Waals surface area contributed by atoms with Crippen molar-refractivity contribution in [3.63, 3.8) is 0 Å². The molecule has 1 aromatic rings. The Balaban J connectivity index is 1.58. The van der Waals surface area contributed by atoms with Gasteiger partial charge in [-0.1, -0.05) is 26.7 Å². The maximum Gasteiger partial charge on any atom is 0.243 e. The molecule has 2 aliphatic heterocycles. The lowest BCUT2D eigenvalue weighted by Crippen LogP contribution is -2.42. The summed E-state index contributed by atoms with van der Waals surface area (Å²) in [6.45, 7) is 7.91. The summed E-state index contributed by atoms with van der Waals surface area (Å²) < 4.78 is 27.2. The lowest BCUT2D eigenvalue weighted by atomic mass is 9.92. The molecule has 1 aromatic carbocycles. The van der Waals surface area contributed by atoms with Gasteiger partial charge in [-0.25, -0.2) is 8.42 Å². The van der Waals surface area contributed by atoms with Gasteiger partial charge in [0, 0.05) is 31.9 Å². The molecule has 3 rings (SSSR count). The summed E-state index contributed by atoms with van der Waals surface area (Å²) in [4.78, 5) is 14.9. The first-order chi connectivity index (χ1) is 13.3. The third-order valence-electron chi connectivity index (χ3n) is 5.65. The topological polar surface area (TPSA) is 69.7 Å². The van der Waals surface area contributed by atoms with Crippen molar-refractivity contribution in [3.05, 3.63) is 24.3 Å². The van der Waals surface area contributed by atoms with E-state index in [0.29, 0.717) is 42.1 Å². The largest absolute Gasteiger partial charge is 0.325 e. The SMILES string of the molecule is C[C@H]1C[C@H](C)CN(CC(=O)Nc2ccc(S(=O)(=O)N3CCCCCC3)cc2)C1. The molecule has 0 bridgehead atoms. The van der Waals surface area contributed by atoms with E-state index in [2.05, 4.69) is 24.1 Å².